The zero-order valence-corrected chi connectivity index (χ0v) is 16.1. The van der Waals surface area contributed by atoms with E-state index >= 15 is 0 Å². The van der Waals surface area contributed by atoms with Crippen LogP contribution in [0.25, 0.3) is 0 Å². The number of aromatic nitrogens is 1. The first-order chi connectivity index (χ1) is 12.1. The van der Waals surface area contributed by atoms with E-state index in [1.165, 1.54) is 4.88 Å². The Labute approximate surface area is 156 Å². The molecule has 1 aromatic heterocycles. The number of thiazole rings is 1. The third-order valence-corrected chi connectivity index (χ3v) is 5.11. The zero-order valence-electron chi connectivity index (χ0n) is 14.5. The molecule has 1 aliphatic heterocycles. The maximum Gasteiger partial charge on any atom is 0.191 e. The number of aryl methyl sites for hydroxylation is 2. The molecule has 0 fully saturated rings. The Balaban J connectivity index is 1.60. The van der Waals surface area contributed by atoms with E-state index in [4.69, 9.17) is 21.1 Å². The highest BCUT2D eigenvalue weighted by atomic mass is 35.5. The van der Waals surface area contributed by atoms with Gasteiger partial charge in [0.15, 0.2) is 17.5 Å². The number of nitrogens with one attached hydrogen (secondary N) is 2. The maximum absolute atomic E-state index is 6.27. The van der Waals surface area contributed by atoms with Gasteiger partial charge in [-0.2, -0.15) is 0 Å². The van der Waals surface area contributed by atoms with Crippen LogP contribution in [0.1, 0.15) is 21.1 Å². The second-order valence-corrected chi connectivity index (χ2v) is 7.32. The topological polar surface area (TPSA) is 67.8 Å². The summed E-state index contributed by atoms with van der Waals surface area (Å²) in [5, 5.41) is 8.23. The molecule has 0 unspecified atom stereocenters. The quantitative estimate of drug-likeness (QED) is 0.630. The number of rotatable bonds is 4. The number of benzene rings is 1. The SMILES string of the molecule is CN=C(NCc1cc(Cl)c2c(c1)OCCO2)NCc1sc(C)nc1C. The smallest absolute Gasteiger partial charge is 0.191 e. The fourth-order valence-electron chi connectivity index (χ4n) is 2.57. The molecule has 0 spiro atoms. The number of aliphatic imine (C=N–C) groups is 1. The monoisotopic (exact) mass is 380 g/mol. The summed E-state index contributed by atoms with van der Waals surface area (Å²) in [5.41, 5.74) is 2.06. The van der Waals surface area contributed by atoms with Gasteiger partial charge in [0, 0.05) is 18.5 Å². The van der Waals surface area contributed by atoms with Gasteiger partial charge in [0.25, 0.3) is 0 Å². The summed E-state index contributed by atoms with van der Waals surface area (Å²) in [6.45, 7) is 6.37. The van der Waals surface area contributed by atoms with Crippen molar-refractivity contribution < 1.29 is 9.47 Å². The van der Waals surface area contributed by atoms with Crippen LogP contribution in [0, 0.1) is 13.8 Å². The molecule has 2 heterocycles. The maximum atomic E-state index is 6.27. The van der Waals surface area contributed by atoms with Crippen molar-refractivity contribution in [3.8, 4) is 11.5 Å². The Hall–Kier alpha value is -1.99. The van der Waals surface area contributed by atoms with Crippen LogP contribution in [0.3, 0.4) is 0 Å². The fraction of sp³-hybridized carbons (Fsp3) is 0.412. The molecule has 1 aliphatic rings. The summed E-state index contributed by atoms with van der Waals surface area (Å²) < 4.78 is 11.1. The van der Waals surface area contributed by atoms with Gasteiger partial charge in [0.2, 0.25) is 0 Å². The van der Waals surface area contributed by atoms with Crippen LogP contribution >= 0.6 is 22.9 Å². The third-order valence-electron chi connectivity index (χ3n) is 3.76. The van der Waals surface area contributed by atoms with Crippen molar-refractivity contribution in [1.82, 2.24) is 15.6 Å². The van der Waals surface area contributed by atoms with Crippen molar-refractivity contribution >= 4 is 28.9 Å². The first-order valence-corrected chi connectivity index (χ1v) is 9.21. The summed E-state index contributed by atoms with van der Waals surface area (Å²) in [6.07, 6.45) is 0. The van der Waals surface area contributed by atoms with Gasteiger partial charge < -0.3 is 20.1 Å². The predicted octanol–water partition coefficient (Wildman–Crippen LogP) is 3.05. The molecule has 6 nitrogen and oxygen atoms in total. The fourth-order valence-corrected chi connectivity index (χ4v) is 3.74. The molecular formula is C17H21ClN4O2S. The largest absolute Gasteiger partial charge is 0.486 e. The summed E-state index contributed by atoms with van der Waals surface area (Å²) in [7, 11) is 1.75. The van der Waals surface area contributed by atoms with Gasteiger partial charge in [-0.3, -0.25) is 4.99 Å². The van der Waals surface area contributed by atoms with Gasteiger partial charge in [-0.1, -0.05) is 11.6 Å². The first kappa shape index (κ1) is 17.8. The number of fused-ring (bicyclic) bond motifs is 1. The van der Waals surface area contributed by atoms with Gasteiger partial charge >= 0.3 is 0 Å². The van der Waals surface area contributed by atoms with E-state index in [-0.39, 0.29) is 0 Å². The van der Waals surface area contributed by atoms with E-state index in [1.807, 2.05) is 26.0 Å². The molecule has 0 atom stereocenters. The standard InChI is InChI=1S/C17H21ClN4O2S/c1-10-15(25-11(2)22-10)9-21-17(19-3)20-8-12-6-13(18)16-14(7-12)23-4-5-24-16/h6-7H,4-5,8-9H2,1-3H3,(H2,19,20,21). The molecule has 2 aromatic rings. The normalized spacial score (nSPS) is 13.7. The molecule has 0 radical (unpaired) electrons. The second-order valence-electron chi connectivity index (χ2n) is 5.62. The number of guanidine groups is 1. The molecule has 0 bridgehead atoms. The molecule has 25 heavy (non-hydrogen) atoms. The highest BCUT2D eigenvalue weighted by molar-refractivity contribution is 7.11. The average Bonchev–Trinajstić information content (AvgIpc) is 2.92. The molecule has 1 aromatic carbocycles. The molecule has 8 heteroatoms. The van der Waals surface area contributed by atoms with Gasteiger partial charge in [-0.05, 0) is 31.5 Å². The van der Waals surface area contributed by atoms with Crippen LogP contribution in [-0.2, 0) is 13.1 Å². The minimum Gasteiger partial charge on any atom is -0.486 e. The Morgan fingerprint density at radius 1 is 1.24 bits per heavy atom. The summed E-state index contributed by atoms with van der Waals surface area (Å²) in [5.74, 6) is 2.03. The van der Waals surface area contributed by atoms with Crippen LogP contribution < -0.4 is 20.1 Å². The Kier molecular flexibility index (Phi) is 5.65. The summed E-state index contributed by atoms with van der Waals surface area (Å²) >= 11 is 7.97. The average molecular weight is 381 g/mol. The van der Waals surface area contributed by atoms with E-state index in [1.54, 1.807) is 18.4 Å². The van der Waals surface area contributed by atoms with Crippen molar-refractivity contribution in [2.75, 3.05) is 20.3 Å². The minimum atomic E-state index is 0.525. The Morgan fingerprint density at radius 3 is 2.72 bits per heavy atom. The van der Waals surface area contributed by atoms with Gasteiger partial charge in [-0.15, -0.1) is 11.3 Å². The summed E-state index contributed by atoms with van der Waals surface area (Å²) in [4.78, 5) is 9.90. The number of halogens is 1. The molecule has 134 valence electrons. The van der Waals surface area contributed by atoms with Crippen LogP contribution in [0.2, 0.25) is 5.02 Å². The van der Waals surface area contributed by atoms with Gasteiger partial charge in [0.1, 0.15) is 13.2 Å². The van der Waals surface area contributed by atoms with E-state index in [0.29, 0.717) is 42.8 Å². The second kappa shape index (κ2) is 7.93. The van der Waals surface area contributed by atoms with E-state index in [2.05, 4.69) is 20.6 Å². The molecule has 3 rings (SSSR count). The molecule has 0 aliphatic carbocycles. The highest BCUT2D eigenvalue weighted by Crippen LogP contribution is 2.38. The summed E-state index contributed by atoms with van der Waals surface area (Å²) in [6, 6.07) is 3.82. The zero-order chi connectivity index (χ0) is 17.8. The lowest BCUT2D eigenvalue weighted by Crippen LogP contribution is -2.36. The number of hydrogen-bond donors (Lipinski definition) is 2. The molecule has 0 saturated carbocycles. The Morgan fingerprint density at radius 2 is 2.00 bits per heavy atom. The lowest BCUT2D eigenvalue weighted by molar-refractivity contribution is 0.171. The first-order valence-electron chi connectivity index (χ1n) is 8.02. The lowest BCUT2D eigenvalue weighted by atomic mass is 10.2. The van der Waals surface area contributed by atoms with Crippen LogP contribution in [-0.4, -0.2) is 31.2 Å². The van der Waals surface area contributed by atoms with Crippen molar-refractivity contribution in [2.45, 2.75) is 26.9 Å². The van der Waals surface area contributed by atoms with E-state index in [9.17, 15) is 0 Å². The van der Waals surface area contributed by atoms with Crippen molar-refractivity contribution in [3.05, 3.63) is 38.3 Å². The van der Waals surface area contributed by atoms with Crippen LogP contribution in [0.15, 0.2) is 17.1 Å². The minimum absolute atomic E-state index is 0.525. The van der Waals surface area contributed by atoms with Crippen molar-refractivity contribution in [1.29, 1.82) is 0 Å². The third kappa shape index (κ3) is 4.35. The highest BCUT2D eigenvalue weighted by Gasteiger charge is 2.16. The van der Waals surface area contributed by atoms with Gasteiger partial charge in [-0.25, -0.2) is 4.98 Å². The molecule has 2 N–H and O–H groups in total. The van der Waals surface area contributed by atoms with Gasteiger partial charge in [0.05, 0.1) is 22.3 Å². The van der Waals surface area contributed by atoms with Crippen LogP contribution in [0.4, 0.5) is 0 Å². The van der Waals surface area contributed by atoms with Crippen molar-refractivity contribution in [2.24, 2.45) is 4.99 Å². The number of nitrogens with zero attached hydrogens (tertiary/aromatic N) is 2. The predicted molar refractivity (Wildman–Crippen MR) is 101 cm³/mol. The van der Waals surface area contributed by atoms with Crippen LogP contribution in [0.5, 0.6) is 11.5 Å². The molecule has 0 saturated heterocycles. The van der Waals surface area contributed by atoms with E-state index < -0.39 is 0 Å². The lowest BCUT2D eigenvalue weighted by Gasteiger charge is -2.20. The van der Waals surface area contributed by atoms with Crippen molar-refractivity contribution in [3.63, 3.8) is 0 Å². The van der Waals surface area contributed by atoms with E-state index in [0.717, 1.165) is 22.2 Å². The number of ether oxygens (including phenoxy) is 2. The molecular weight excluding hydrogens is 360 g/mol. The molecule has 0 amide bonds. The number of hydrogen-bond acceptors (Lipinski definition) is 5. The Bertz CT molecular complexity index is 791.